The van der Waals surface area contributed by atoms with Crippen molar-refractivity contribution in [2.24, 2.45) is 5.92 Å². The SMILES string of the molecule is Cc1cc(C)n(Cc2cccc(NC(=O)NC3CCN(C(=O)CC(C)C)CC3)c2)n1. The van der Waals surface area contributed by atoms with Gasteiger partial charge in [0.05, 0.1) is 12.2 Å². The molecule has 0 radical (unpaired) electrons. The lowest BCUT2D eigenvalue weighted by atomic mass is 10.0. The molecule has 3 amide bonds. The normalized spacial score (nSPS) is 14.8. The highest BCUT2D eigenvalue weighted by atomic mass is 16.2. The zero-order chi connectivity index (χ0) is 21.7. The van der Waals surface area contributed by atoms with Crippen molar-refractivity contribution >= 4 is 17.6 Å². The molecule has 2 heterocycles. The van der Waals surface area contributed by atoms with Crippen molar-refractivity contribution in [2.75, 3.05) is 18.4 Å². The summed E-state index contributed by atoms with van der Waals surface area (Å²) in [6.07, 6.45) is 2.16. The lowest BCUT2D eigenvalue weighted by Crippen LogP contribution is -2.47. The summed E-state index contributed by atoms with van der Waals surface area (Å²) in [6.45, 7) is 10.2. The van der Waals surface area contributed by atoms with Gasteiger partial charge < -0.3 is 15.5 Å². The first-order valence-corrected chi connectivity index (χ1v) is 10.8. The fourth-order valence-corrected chi connectivity index (χ4v) is 3.86. The maximum Gasteiger partial charge on any atom is 0.319 e. The second-order valence-corrected chi connectivity index (χ2v) is 8.64. The van der Waals surface area contributed by atoms with E-state index in [-0.39, 0.29) is 18.0 Å². The maximum atomic E-state index is 12.4. The van der Waals surface area contributed by atoms with Crippen LogP contribution in [0.25, 0.3) is 0 Å². The molecule has 0 bridgehead atoms. The molecular weight excluding hydrogens is 378 g/mol. The molecule has 7 nitrogen and oxygen atoms in total. The number of aryl methyl sites for hydroxylation is 2. The number of nitrogens with one attached hydrogen (secondary N) is 2. The zero-order valence-corrected chi connectivity index (χ0v) is 18.4. The van der Waals surface area contributed by atoms with Crippen molar-refractivity contribution in [1.82, 2.24) is 20.0 Å². The van der Waals surface area contributed by atoms with E-state index >= 15 is 0 Å². The number of amides is 3. The first-order chi connectivity index (χ1) is 14.3. The van der Waals surface area contributed by atoms with Crippen LogP contribution in [0.3, 0.4) is 0 Å². The molecule has 0 unspecified atom stereocenters. The number of urea groups is 1. The monoisotopic (exact) mass is 411 g/mol. The Balaban J connectivity index is 1.48. The molecule has 1 aliphatic heterocycles. The van der Waals surface area contributed by atoms with Crippen LogP contribution in [0.2, 0.25) is 0 Å². The Kier molecular flexibility index (Phi) is 7.13. The van der Waals surface area contributed by atoms with Crippen molar-refractivity contribution in [3.05, 3.63) is 47.3 Å². The average Bonchev–Trinajstić information content (AvgIpc) is 2.98. The third kappa shape index (κ3) is 6.08. The summed E-state index contributed by atoms with van der Waals surface area (Å²) in [7, 11) is 0. The summed E-state index contributed by atoms with van der Waals surface area (Å²) >= 11 is 0. The molecule has 0 aliphatic carbocycles. The Labute approximate surface area is 178 Å². The number of hydrogen-bond donors (Lipinski definition) is 2. The number of hydrogen-bond acceptors (Lipinski definition) is 3. The van der Waals surface area contributed by atoms with Crippen molar-refractivity contribution in [3.63, 3.8) is 0 Å². The predicted molar refractivity (Wildman–Crippen MR) is 118 cm³/mol. The summed E-state index contributed by atoms with van der Waals surface area (Å²) in [5, 5.41) is 10.5. The van der Waals surface area contributed by atoms with Crippen LogP contribution in [0.5, 0.6) is 0 Å². The molecule has 2 aromatic rings. The number of likely N-dealkylation sites (tertiary alicyclic amines) is 1. The Morgan fingerprint density at radius 2 is 1.90 bits per heavy atom. The van der Waals surface area contributed by atoms with Crippen LogP contribution < -0.4 is 10.6 Å². The second-order valence-electron chi connectivity index (χ2n) is 8.64. The summed E-state index contributed by atoms with van der Waals surface area (Å²) < 4.78 is 1.96. The highest BCUT2D eigenvalue weighted by Gasteiger charge is 2.24. The van der Waals surface area contributed by atoms with Crippen molar-refractivity contribution in [3.8, 4) is 0 Å². The van der Waals surface area contributed by atoms with Gasteiger partial charge in [-0.1, -0.05) is 26.0 Å². The van der Waals surface area contributed by atoms with E-state index in [2.05, 4.69) is 35.6 Å². The summed E-state index contributed by atoms with van der Waals surface area (Å²) in [5.41, 5.74) is 3.95. The number of anilines is 1. The van der Waals surface area contributed by atoms with Crippen LogP contribution in [-0.2, 0) is 11.3 Å². The minimum atomic E-state index is -0.203. The third-order valence-corrected chi connectivity index (χ3v) is 5.39. The van der Waals surface area contributed by atoms with E-state index < -0.39 is 0 Å². The second kappa shape index (κ2) is 9.78. The third-order valence-electron chi connectivity index (χ3n) is 5.39. The number of rotatable bonds is 6. The van der Waals surface area contributed by atoms with Crippen molar-refractivity contribution < 1.29 is 9.59 Å². The zero-order valence-electron chi connectivity index (χ0n) is 18.4. The first-order valence-electron chi connectivity index (χ1n) is 10.8. The van der Waals surface area contributed by atoms with E-state index in [0.717, 1.165) is 35.5 Å². The van der Waals surface area contributed by atoms with E-state index in [1.165, 1.54) is 0 Å². The quantitative estimate of drug-likeness (QED) is 0.761. The molecule has 7 heteroatoms. The van der Waals surface area contributed by atoms with Gasteiger partial charge in [-0.15, -0.1) is 0 Å². The van der Waals surface area contributed by atoms with Gasteiger partial charge >= 0.3 is 6.03 Å². The van der Waals surface area contributed by atoms with Crippen LogP contribution >= 0.6 is 0 Å². The highest BCUT2D eigenvalue weighted by Crippen LogP contribution is 2.16. The van der Waals surface area contributed by atoms with E-state index in [0.29, 0.717) is 32.0 Å². The minimum absolute atomic E-state index is 0.0889. The van der Waals surface area contributed by atoms with Crippen molar-refractivity contribution in [1.29, 1.82) is 0 Å². The number of piperidine rings is 1. The van der Waals surface area contributed by atoms with Gasteiger partial charge in [-0.3, -0.25) is 9.48 Å². The Morgan fingerprint density at radius 1 is 1.17 bits per heavy atom. The predicted octanol–water partition coefficient (Wildman–Crippen LogP) is 3.71. The Morgan fingerprint density at radius 3 is 2.53 bits per heavy atom. The van der Waals surface area contributed by atoms with E-state index in [1.807, 2.05) is 47.7 Å². The molecule has 162 valence electrons. The number of aromatic nitrogens is 2. The smallest absolute Gasteiger partial charge is 0.319 e. The molecule has 1 aromatic heterocycles. The standard InChI is InChI=1S/C23H33N5O2/c1-16(2)12-22(29)27-10-8-20(9-11-27)24-23(30)25-21-7-5-6-19(14-21)15-28-18(4)13-17(3)26-28/h5-7,13-14,16,20H,8-12,15H2,1-4H3,(H2,24,25,30). The molecule has 1 saturated heterocycles. The number of carbonyl (C=O) groups excluding carboxylic acids is 2. The first kappa shape index (κ1) is 21.9. The lowest BCUT2D eigenvalue weighted by Gasteiger charge is -2.32. The van der Waals surface area contributed by atoms with Crippen LogP contribution in [0.15, 0.2) is 30.3 Å². The molecule has 1 aliphatic rings. The van der Waals surface area contributed by atoms with Crippen LogP contribution in [0.1, 0.15) is 50.1 Å². The van der Waals surface area contributed by atoms with Crippen LogP contribution in [0.4, 0.5) is 10.5 Å². The van der Waals surface area contributed by atoms with Gasteiger partial charge in [0.25, 0.3) is 0 Å². The molecule has 3 rings (SSSR count). The van der Waals surface area contributed by atoms with Gasteiger partial charge in [0.1, 0.15) is 0 Å². The summed E-state index contributed by atoms with van der Waals surface area (Å²) in [5.74, 6) is 0.587. The Hall–Kier alpha value is -2.83. The summed E-state index contributed by atoms with van der Waals surface area (Å²) in [4.78, 5) is 26.5. The molecule has 0 saturated carbocycles. The van der Waals surface area contributed by atoms with Crippen LogP contribution in [-0.4, -0.2) is 45.8 Å². The Bertz CT molecular complexity index is 881. The number of nitrogens with zero attached hydrogens (tertiary/aromatic N) is 3. The van der Waals surface area contributed by atoms with E-state index in [1.54, 1.807) is 0 Å². The van der Waals surface area contributed by atoms with Gasteiger partial charge in [-0.2, -0.15) is 5.10 Å². The molecule has 1 aromatic carbocycles. The highest BCUT2D eigenvalue weighted by molar-refractivity contribution is 5.89. The number of carbonyl (C=O) groups is 2. The summed E-state index contributed by atoms with van der Waals surface area (Å²) in [6, 6.07) is 9.77. The van der Waals surface area contributed by atoms with Gasteiger partial charge in [-0.25, -0.2) is 4.79 Å². The van der Waals surface area contributed by atoms with Gasteiger partial charge in [0, 0.05) is 36.9 Å². The molecule has 2 N–H and O–H groups in total. The molecule has 30 heavy (non-hydrogen) atoms. The maximum absolute atomic E-state index is 12.4. The lowest BCUT2D eigenvalue weighted by molar-refractivity contribution is -0.133. The largest absolute Gasteiger partial charge is 0.343 e. The fraction of sp³-hybridized carbons (Fsp3) is 0.522. The molecular formula is C23H33N5O2. The molecule has 0 atom stereocenters. The molecule has 1 fully saturated rings. The van der Waals surface area contributed by atoms with Gasteiger partial charge in [0.2, 0.25) is 5.91 Å². The topological polar surface area (TPSA) is 79.3 Å². The average molecular weight is 412 g/mol. The minimum Gasteiger partial charge on any atom is -0.343 e. The van der Waals surface area contributed by atoms with E-state index in [9.17, 15) is 9.59 Å². The van der Waals surface area contributed by atoms with Crippen LogP contribution in [0, 0.1) is 19.8 Å². The van der Waals surface area contributed by atoms with E-state index in [4.69, 9.17) is 0 Å². The van der Waals surface area contributed by atoms with Gasteiger partial charge in [-0.05, 0) is 56.4 Å². The number of benzene rings is 1. The van der Waals surface area contributed by atoms with Gasteiger partial charge in [0.15, 0.2) is 0 Å². The fourth-order valence-electron chi connectivity index (χ4n) is 3.86. The molecule has 0 spiro atoms. The van der Waals surface area contributed by atoms with Crippen molar-refractivity contribution in [2.45, 2.75) is 59.5 Å².